The molecule has 0 aliphatic carbocycles. The van der Waals surface area contributed by atoms with Crippen LogP contribution >= 0.6 is 11.3 Å². The Bertz CT molecular complexity index is 688. The Balaban J connectivity index is 1.69. The van der Waals surface area contributed by atoms with E-state index >= 15 is 0 Å². The number of guanidine groups is 1. The fourth-order valence-corrected chi connectivity index (χ4v) is 3.30. The van der Waals surface area contributed by atoms with Crippen LogP contribution in [0.25, 0.3) is 0 Å². The highest BCUT2D eigenvalue weighted by Crippen LogP contribution is 2.17. The summed E-state index contributed by atoms with van der Waals surface area (Å²) in [6.45, 7) is 6.03. The number of nitrogens with zero attached hydrogens (tertiary/aromatic N) is 3. The van der Waals surface area contributed by atoms with Crippen LogP contribution in [0.3, 0.4) is 0 Å². The highest BCUT2D eigenvalue weighted by atomic mass is 32.1. The summed E-state index contributed by atoms with van der Waals surface area (Å²) in [5, 5.41) is 9.80. The first-order chi connectivity index (χ1) is 12.5. The Kier molecular flexibility index (Phi) is 7.91. The van der Waals surface area contributed by atoms with Crippen LogP contribution in [0.15, 0.2) is 34.6 Å². The zero-order chi connectivity index (χ0) is 18.9. The third kappa shape index (κ3) is 6.33. The lowest BCUT2D eigenvalue weighted by atomic mass is 10.0. The molecular formula is C20H31N5S. The molecule has 5 nitrogen and oxygen atoms in total. The van der Waals surface area contributed by atoms with Gasteiger partial charge in [-0.15, -0.1) is 11.3 Å². The number of benzene rings is 1. The fraction of sp³-hybridized carbons (Fsp3) is 0.500. The molecule has 142 valence electrons. The smallest absolute Gasteiger partial charge is 0.191 e. The third-order valence-corrected chi connectivity index (χ3v) is 5.22. The molecule has 1 aromatic heterocycles. The van der Waals surface area contributed by atoms with Gasteiger partial charge in [0.25, 0.3) is 0 Å². The predicted molar refractivity (Wildman–Crippen MR) is 113 cm³/mol. The first kappa shape index (κ1) is 20.2. The van der Waals surface area contributed by atoms with Gasteiger partial charge < -0.3 is 15.5 Å². The van der Waals surface area contributed by atoms with Crippen molar-refractivity contribution in [2.45, 2.75) is 39.2 Å². The van der Waals surface area contributed by atoms with E-state index in [1.165, 1.54) is 11.1 Å². The molecule has 1 heterocycles. The molecule has 0 aliphatic heterocycles. The third-order valence-electron chi connectivity index (χ3n) is 4.16. The van der Waals surface area contributed by atoms with Crippen LogP contribution in [0.4, 0.5) is 5.13 Å². The van der Waals surface area contributed by atoms with Crippen molar-refractivity contribution in [3.05, 3.63) is 46.5 Å². The summed E-state index contributed by atoms with van der Waals surface area (Å²) in [7, 11) is 5.81. The molecule has 0 atom stereocenters. The zero-order valence-electron chi connectivity index (χ0n) is 16.5. The Labute approximate surface area is 161 Å². The molecule has 0 bridgehead atoms. The van der Waals surface area contributed by atoms with E-state index in [1.807, 2.05) is 19.0 Å². The van der Waals surface area contributed by atoms with Crippen molar-refractivity contribution >= 4 is 22.4 Å². The van der Waals surface area contributed by atoms with Crippen LogP contribution in [0.2, 0.25) is 0 Å². The lowest BCUT2D eigenvalue weighted by Crippen LogP contribution is -2.37. The van der Waals surface area contributed by atoms with Crippen LogP contribution in [0.5, 0.6) is 0 Å². The maximum Gasteiger partial charge on any atom is 0.191 e. The van der Waals surface area contributed by atoms with Crippen molar-refractivity contribution in [2.24, 2.45) is 4.99 Å². The summed E-state index contributed by atoms with van der Waals surface area (Å²) >= 11 is 1.65. The minimum Gasteiger partial charge on any atom is -0.356 e. The Morgan fingerprint density at radius 1 is 1.19 bits per heavy atom. The van der Waals surface area contributed by atoms with Crippen molar-refractivity contribution in [3.63, 3.8) is 0 Å². The van der Waals surface area contributed by atoms with E-state index in [4.69, 9.17) is 0 Å². The molecule has 0 unspecified atom stereocenters. The van der Waals surface area contributed by atoms with Gasteiger partial charge in [-0.1, -0.05) is 38.1 Å². The number of thiazole rings is 1. The van der Waals surface area contributed by atoms with Gasteiger partial charge in [-0.25, -0.2) is 4.98 Å². The van der Waals surface area contributed by atoms with Crippen LogP contribution < -0.4 is 15.5 Å². The van der Waals surface area contributed by atoms with Crippen molar-refractivity contribution in [2.75, 3.05) is 32.6 Å². The fourth-order valence-electron chi connectivity index (χ4n) is 2.55. The maximum absolute atomic E-state index is 4.57. The summed E-state index contributed by atoms with van der Waals surface area (Å²) in [4.78, 5) is 10.9. The number of anilines is 1. The molecule has 0 aliphatic rings. The van der Waals surface area contributed by atoms with Gasteiger partial charge >= 0.3 is 0 Å². The molecule has 0 radical (unpaired) electrons. The number of nitrogens with one attached hydrogen (secondary N) is 2. The van der Waals surface area contributed by atoms with Crippen LogP contribution in [-0.2, 0) is 13.0 Å². The summed E-state index contributed by atoms with van der Waals surface area (Å²) < 4.78 is 0. The minimum atomic E-state index is 0.589. The number of aromatic nitrogens is 1. The molecule has 0 fully saturated rings. The average molecular weight is 374 g/mol. The normalized spacial score (nSPS) is 11.7. The van der Waals surface area contributed by atoms with E-state index in [0.29, 0.717) is 12.5 Å². The van der Waals surface area contributed by atoms with E-state index in [1.54, 1.807) is 18.4 Å². The Morgan fingerprint density at radius 2 is 1.92 bits per heavy atom. The van der Waals surface area contributed by atoms with Gasteiger partial charge in [0.1, 0.15) is 0 Å². The largest absolute Gasteiger partial charge is 0.356 e. The standard InChI is InChI=1S/C20H31N5S/c1-15(2)17-10-8-16(9-11-17)7-6-12-22-19(21-3)23-13-18-14-26-20(24-18)25(4)5/h8-11,14-15H,6-7,12-13H2,1-5H3,(H2,21,22,23). The molecule has 0 saturated carbocycles. The van der Waals surface area contributed by atoms with Crippen LogP contribution in [0.1, 0.15) is 43.0 Å². The SMILES string of the molecule is CN=C(NCCCc1ccc(C(C)C)cc1)NCc1csc(N(C)C)n1. The summed E-state index contributed by atoms with van der Waals surface area (Å²) in [5.74, 6) is 1.41. The first-order valence-electron chi connectivity index (χ1n) is 9.14. The Hall–Kier alpha value is -2.08. The minimum absolute atomic E-state index is 0.589. The van der Waals surface area contributed by atoms with E-state index in [0.717, 1.165) is 36.2 Å². The quantitative estimate of drug-likeness (QED) is 0.421. The monoisotopic (exact) mass is 373 g/mol. The second-order valence-corrected chi connectivity index (χ2v) is 7.70. The van der Waals surface area contributed by atoms with Crippen LogP contribution in [-0.4, -0.2) is 38.6 Å². The molecule has 1 aromatic carbocycles. The van der Waals surface area contributed by atoms with Gasteiger partial charge in [0.15, 0.2) is 11.1 Å². The van der Waals surface area contributed by atoms with Crippen molar-refractivity contribution in [1.29, 1.82) is 0 Å². The lowest BCUT2D eigenvalue weighted by Gasteiger charge is -2.11. The number of hydrogen-bond donors (Lipinski definition) is 2. The van der Waals surface area contributed by atoms with Gasteiger partial charge in [0, 0.05) is 33.1 Å². The predicted octanol–water partition coefficient (Wildman–Crippen LogP) is 3.63. The highest BCUT2D eigenvalue weighted by Gasteiger charge is 2.05. The number of aryl methyl sites for hydroxylation is 1. The molecular weight excluding hydrogens is 342 g/mol. The molecule has 2 aromatic rings. The van der Waals surface area contributed by atoms with Gasteiger partial charge in [0.2, 0.25) is 0 Å². The summed E-state index contributed by atoms with van der Waals surface area (Å²) in [6.07, 6.45) is 2.14. The zero-order valence-corrected chi connectivity index (χ0v) is 17.4. The average Bonchev–Trinajstić information content (AvgIpc) is 3.11. The second-order valence-electron chi connectivity index (χ2n) is 6.87. The number of rotatable bonds is 8. The number of hydrogen-bond acceptors (Lipinski definition) is 4. The summed E-state index contributed by atoms with van der Waals surface area (Å²) in [6, 6.07) is 8.97. The highest BCUT2D eigenvalue weighted by molar-refractivity contribution is 7.13. The Morgan fingerprint density at radius 3 is 2.50 bits per heavy atom. The maximum atomic E-state index is 4.57. The van der Waals surface area contributed by atoms with E-state index in [9.17, 15) is 0 Å². The molecule has 6 heteroatoms. The van der Waals surface area contributed by atoms with Gasteiger partial charge in [-0.05, 0) is 29.9 Å². The second kappa shape index (κ2) is 10.2. The van der Waals surface area contributed by atoms with E-state index in [2.05, 4.69) is 64.1 Å². The molecule has 0 amide bonds. The molecule has 2 N–H and O–H groups in total. The van der Waals surface area contributed by atoms with E-state index < -0.39 is 0 Å². The topological polar surface area (TPSA) is 52.6 Å². The van der Waals surface area contributed by atoms with Gasteiger partial charge in [-0.2, -0.15) is 0 Å². The molecule has 26 heavy (non-hydrogen) atoms. The molecule has 2 rings (SSSR count). The lowest BCUT2D eigenvalue weighted by molar-refractivity contribution is 0.738. The molecule has 0 spiro atoms. The van der Waals surface area contributed by atoms with Gasteiger partial charge in [0.05, 0.1) is 12.2 Å². The summed E-state index contributed by atoms with van der Waals surface area (Å²) in [5.41, 5.74) is 3.82. The van der Waals surface area contributed by atoms with Crippen LogP contribution in [0, 0.1) is 0 Å². The first-order valence-corrected chi connectivity index (χ1v) is 10.0. The van der Waals surface area contributed by atoms with Gasteiger partial charge in [-0.3, -0.25) is 4.99 Å². The van der Waals surface area contributed by atoms with Crippen molar-refractivity contribution < 1.29 is 0 Å². The molecule has 0 saturated heterocycles. The number of aliphatic imine (C=N–C) groups is 1. The van der Waals surface area contributed by atoms with Crippen molar-refractivity contribution in [3.8, 4) is 0 Å². The van der Waals surface area contributed by atoms with E-state index in [-0.39, 0.29) is 0 Å². The van der Waals surface area contributed by atoms with Crippen molar-refractivity contribution in [1.82, 2.24) is 15.6 Å².